The molecule has 1 heterocycles. The minimum Gasteiger partial charge on any atom is -0.504 e. The van der Waals surface area contributed by atoms with Crippen LogP contribution in [0.15, 0.2) is 60.7 Å². The number of anilines is 1. The van der Waals surface area contributed by atoms with E-state index in [1.165, 1.54) is 18.2 Å². The lowest BCUT2D eigenvalue weighted by Gasteiger charge is -2.13. The maximum Gasteiger partial charge on any atom is 0.416 e. The maximum absolute atomic E-state index is 13.9. The third kappa shape index (κ3) is 5.90. The minimum absolute atomic E-state index is 0.0730. The molecular formula is C25H15Cl2F4N3O3S. The molecule has 0 saturated carbocycles. The molecule has 4 aromatic rings. The maximum atomic E-state index is 13.9. The second-order valence-corrected chi connectivity index (χ2v) is 9.57. The smallest absolute Gasteiger partial charge is 0.416 e. The van der Waals surface area contributed by atoms with Crippen LogP contribution in [-0.2, 0) is 12.7 Å². The van der Waals surface area contributed by atoms with Crippen molar-refractivity contribution in [1.82, 2.24) is 10.3 Å². The van der Waals surface area contributed by atoms with Gasteiger partial charge in [-0.3, -0.25) is 9.59 Å². The molecule has 38 heavy (non-hydrogen) atoms. The van der Waals surface area contributed by atoms with Crippen molar-refractivity contribution in [3.8, 4) is 16.3 Å². The second kappa shape index (κ2) is 11.0. The van der Waals surface area contributed by atoms with E-state index in [0.717, 1.165) is 29.5 Å². The molecule has 4 rings (SSSR count). The Labute approximate surface area is 226 Å². The Morgan fingerprint density at radius 2 is 1.66 bits per heavy atom. The van der Waals surface area contributed by atoms with Crippen LogP contribution in [-0.4, -0.2) is 21.9 Å². The zero-order valence-corrected chi connectivity index (χ0v) is 21.2. The summed E-state index contributed by atoms with van der Waals surface area (Å²) in [4.78, 5) is 30.1. The molecule has 0 atom stereocenters. The molecule has 0 aliphatic heterocycles. The average Bonchev–Trinajstić information content (AvgIpc) is 3.28. The van der Waals surface area contributed by atoms with Crippen LogP contribution in [0.4, 0.5) is 22.6 Å². The van der Waals surface area contributed by atoms with E-state index in [-0.39, 0.29) is 26.8 Å². The highest BCUT2D eigenvalue weighted by molar-refractivity contribution is 7.19. The molecular weight excluding hydrogens is 569 g/mol. The van der Waals surface area contributed by atoms with Crippen LogP contribution >= 0.6 is 34.5 Å². The van der Waals surface area contributed by atoms with Crippen molar-refractivity contribution in [1.29, 1.82) is 0 Å². The first-order chi connectivity index (χ1) is 18.0. The molecule has 0 aliphatic carbocycles. The summed E-state index contributed by atoms with van der Waals surface area (Å²) >= 11 is 12.9. The number of carbonyl (C=O) groups excluding carboxylic acids is 2. The molecule has 3 aromatic carbocycles. The number of aromatic hydroxyl groups is 1. The number of phenolic OH excluding ortho intramolecular Hbond substituents is 1. The first-order valence-corrected chi connectivity index (χ1v) is 12.2. The molecule has 13 heteroatoms. The van der Waals surface area contributed by atoms with E-state index in [2.05, 4.69) is 15.6 Å². The molecule has 2 amide bonds. The number of rotatable bonds is 6. The molecule has 0 saturated heterocycles. The number of nitrogens with zero attached hydrogens (tertiary/aromatic N) is 1. The second-order valence-electron chi connectivity index (χ2n) is 7.76. The van der Waals surface area contributed by atoms with Gasteiger partial charge < -0.3 is 15.7 Å². The number of halogens is 6. The number of alkyl halides is 3. The molecule has 6 nitrogen and oxygen atoms in total. The third-order valence-corrected chi connectivity index (χ3v) is 6.84. The summed E-state index contributed by atoms with van der Waals surface area (Å²) in [6.07, 6.45) is -4.63. The number of amides is 2. The molecule has 3 N–H and O–H groups in total. The first-order valence-electron chi connectivity index (χ1n) is 10.6. The van der Waals surface area contributed by atoms with Gasteiger partial charge in [-0.2, -0.15) is 13.2 Å². The lowest BCUT2D eigenvalue weighted by molar-refractivity contribution is -0.138. The SMILES string of the molecule is O=C(Nc1sc(-c2ccccc2Cl)nc1C(=O)NCc1ccccc1C(F)(F)F)c1cc(F)c(O)c(Cl)c1. The van der Waals surface area contributed by atoms with Gasteiger partial charge in [-0.25, -0.2) is 9.37 Å². The van der Waals surface area contributed by atoms with E-state index in [1.807, 2.05) is 0 Å². The Kier molecular flexibility index (Phi) is 7.91. The van der Waals surface area contributed by atoms with Gasteiger partial charge in [0.2, 0.25) is 0 Å². The van der Waals surface area contributed by atoms with Crippen LogP contribution in [0.2, 0.25) is 10.0 Å². The number of hydrogen-bond acceptors (Lipinski definition) is 5. The lowest BCUT2D eigenvalue weighted by Crippen LogP contribution is -2.26. The first kappa shape index (κ1) is 27.4. The topological polar surface area (TPSA) is 91.3 Å². The number of aromatic nitrogens is 1. The fraction of sp³-hybridized carbons (Fsp3) is 0.0800. The number of hydrogen-bond donors (Lipinski definition) is 3. The van der Waals surface area contributed by atoms with Gasteiger partial charge in [0, 0.05) is 17.7 Å². The normalized spacial score (nSPS) is 11.3. The highest BCUT2D eigenvalue weighted by atomic mass is 35.5. The van der Waals surface area contributed by atoms with Gasteiger partial charge in [-0.1, -0.05) is 70.9 Å². The largest absolute Gasteiger partial charge is 0.504 e. The summed E-state index contributed by atoms with van der Waals surface area (Å²) in [5, 5.41) is 14.4. The highest BCUT2D eigenvalue weighted by Gasteiger charge is 2.33. The molecule has 196 valence electrons. The Hall–Kier alpha value is -3.67. The van der Waals surface area contributed by atoms with Crippen LogP contribution in [0, 0.1) is 5.82 Å². The van der Waals surface area contributed by atoms with Crippen molar-refractivity contribution < 1.29 is 32.3 Å². The van der Waals surface area contributed by atoms with Crippen LogP contribution < -0.4 is 10.6 Å². The number of benzene rings is 3. The lowest BCUT2D eigenvalue weighted by atomic mass is 10.1. The summed E-state index contributed by atoms with van der Waals surface area (Å²) in [7, 11) is 0. The number of phenols is 1. The zero-order chi connectivity index (χ0) is 27.6. The van der Waals surface area contributed by atoms with Gasteiger partial charge >= 0.3 is 6.18 Å². The van der Waals surface area contributed by atoms with Crippen molar-refractivity contribution in [3.05, 3.63) is 98.9 Å². The minimum atomic E-state index is -4.63. The monoisotopic (exact) mass is 583 g/mol. The number of thiazole rings is 1. The van der Waals surface area contributed by atoms with E-state index >= 15 is 0 Å². The van der Waals surface area contributed by atoms with Crippen molar-refractivity contribution in [3.63, 3.8) is 0 Å². The van der Waals surface area contributed by atoms with Gasteiger partial charge in [0.15, 0.2) is 17.3 Å². The highest BCUT2D eigenvalue weighted by Crippen LogP contribution is 2.37. The van der Waals surface area contributed by atoms with Crippen molar-refractivity contribution in [2.45, 2.75) is 12.7 Å². The molecule has 0 fully saturated rings. The van der Waals surface area contributed by atoms with Gasteiger partial charge in [0.05, 0.1) is 15.6 Å². The van der Waals surface area contributed by atoms with E-state index in [4.69, 9.17) is 23.2 Å². The zero-order valence-electron chi connectivity index (χ0n) is 18.9. The molecule has 1 aromatic heterocycles. The fourth-order valence-corrected chi connectivity index (χ4v) is 4.88. The summed E-state index contributed by atoms with van der Waals surface area (Å²) in [6, 6.07) is 13.1. The van der Waals surface area contributed by atoms with Crippen molar-refractivity contribution >= 4 is 51.4 Å². The van der Waals surface area contributed by atoms with Crippen molar-refractivity contribution in [2.24, 2.45) is 0 Å². The van der Waals surface area contributed by atoms with E-state index < -0.39 is 46.7 Å². The summed E-state index contributed by atoms with van der Waals surface area (Å²) in [6.45, 7) is -0.473. The summed E-state index contributed by atoms with van der Waals surface area (Å²) in [5.41, 5.74) is -1.20. The predicted molar refractivity (Wildman–Crippen MR) is 136 cm³/mol. The molecule has 0 radical (unpaired) electrons. The molecule has 0 spiro atoms. The molecule has 0 bridgehead atoms. The van der Waals surface area contributed by atoms with Crippen LogP contribution in [0.1, 0.15) is 32.0 Å². The molecule has 0 unspecified atom stereocenters. The Morgan fingerprint density at radius 3 is 2.34 bits per heavy atom. The summed E-state index contributed by atoms with van der Waals surface area (Å²) in [5.74, 6) is -3.72. The number of carbonyl (C=O) groups is 2. The van der Waals surface area contributed by atoms with E-state index in [1.54, 1.807) is 24.3 Å². The van der Waals surface area contributed by atoms with Crippen molar-refractivity contribution in [2.75, 3.05) is 5.32 Å². The van der Waals surface area contributed by atoms with Gasteiger partial charge in [-0.15, -0.1) is 0 Å². The van der Waals surface area contributed by atoms with Gasteiger partial charge in [0.25, 0.3) is 11.8 Å². The Balaban J connectivity index is 1.67. The van der Waals surface area contributed by atoms with Crippen LogP contribution in [0.5, 0.6) is 5.75 Å². The van der Waals surface area contributed by atoms with E-state index in [9.17, 15) is 32.3 Å². The predicted octanol–water partition coefficient (Wildman–Crippen LogP) is 7.16. The number of nitrogens with one attached hydrogen (secondary N) is 2. The average molecular weight is 584 g/mol. The van der Waals surface area contributed by atoms with Gasteiger partial charge in [0.1, 0.15) is 10.0 Å². The third-order valence-electron chi connectivity index (χ3n) is 5.21. The molecule has 0 aliphatic rings. The Morgan fingerprint density at radius 1 is 0.974 bits per heavy atom. The van der Waals surface area contributed by atoms with Crippen LogP contribution in [0.3, 0.4) is 0 Å². The quantitative estimate of drug-likeness (QED) is 0.210. The Bertz CT molecular complexity index is 1520. The van der Waals surface area contributed by atoms with Crippen LogP contribution in [0.25, 0.3) is 10.6 Å². The van der Waals surface area contributed by atoms with Gasteiger partial charge in [-0.05, 0) is 29.8 Å². The van der Waals surface area contributed by atoms with E-state index in [0.29, 0.717) is 10.6 Å². The summed E-state index contributed by atoms with van der Waals surface area (Å²) < 4.78 is 53.9. The fourth-order valence-electron chi connectivity index (χ4n) is 3.39. The standard InChI is InChI=1S/C25H15Cl2F4N3O3S/c26-16-8-4-2-6-14(16)23-33-19(22(37)32-11-12-5-1-3-7-15(12)25(29,30)31)24(38-23)34-21(36)13-9-17(27)20(35)18(28)10-13/h1-10,35H,11H2,(H,32,37)(H,34,36).